The first-order chi connectivity index (χ1) is 11.4. The predicted molar refractivity (Wildman–Crippen MR) is 91.6 cm³/mol. The van der Waals surface area contributed by atoms with E-state index in [1.807, 2.05) is 27.7 Å². The van der Waals surface area contributed by atoms with Gasteiger partial charge in [0.05, 0.1) is 0 Å². The largest absolute Gasteiger partial charge is 0.473 e. The highest BCUT2D eigenvalue weighted by Gasteiger charge is 2.29. The van der Waals surface area contributed by atoms with Gasteiger partial charge in [0.1, 0.15) is 11.6 Å². The van der Waals surface area contributed by atoms with E-state index in [2.05, 4.69) is 0 Å². The van der Waals surface area contributed by atoms with Gasteiger partial charge in [0.25, 0.3) is 0 Å². The van der Waals surface area contributed by atoms with Crippen LogP contribution in [0.25, 0.3) is 0 Å². The number of carboxylic acid groups (broad SMARTS) is 2. The maximum atomic E-state index is 12.9. The summed E-state index contributed by atoms with van der Waals surface area (Å²) in [6, 6.07) is 6.21. The highest BCUT2D eigenvalue weighted by Crippen LogP contribution is 2.26. The first kappa shape index (κ1) is 22.7. The normalized spacial score (nSPS) is 12.1. The third-order valence-corrected chi connectivity index (χ3v) is 3.77. The first-order valence-corrected chi connectivity index (χ1v) is 7.86. The third kappa shape index (κ3) is 8.95. The molecule has 1 aromatic rings. The zero-order valence-corrected chi connectivity index (χ0v) is 15.0. The van der Waals surface area contributed by atoms with Gasteiger partial charge in [-0.15, -0.1) is 0 Å². The fourth-order valence-electron chi connectivity index (χ4n) is 1.94. The molecular weight excluding hydrogens is 329 g/mol. The second-order valence-electron chi connectivity index (χ2n) is 6.83. The fraction of sp³-hybridized carbons (Fsp3) is 0.500. The van der Waals surface area contributed by atoms with Gasteiger partial charge in [-0.2, -0.15) is 0 Å². The van der Waals surface area contributed by atoms with E-state index >= 15 is 0 Å². The Balaban J connectivity index is 0.000000823. The summed E-state index contributed by atoms with van der Waals surface area (Å²) in [6.07, 6.45) is 1.00. The summed E-state index contributed by atoms with van der Waals surface area (Å²) in [6.45, 7) is 7.88. The van der Waals surface area contributed by atoms with Gasteiger partial charge in [0, 0.05) is 17.9 Å². The topological polar surface area (TPSA) is 118 Å². The van der Waals surface area contributed by atoms with Gasteiger partial charge in [0.15, 0.2) is 0 Å². The Labute approximate surface area is 146 Å². The molecule has 140 valence electrons. The molecule has 1 unspecified atom stereocenters. The van der Waals surface area contributed by atoms with Crippen molar-refractivity contribution >= 4 is 17.7 Å². The summed E-state index contributed by atoms with van der Waals surface area (Å²) in [5.74, 6) is -3.44. The molecule has 1 atom stereocenters. The maximum absolute atomic E-state index is 12.9. The van der Waals surface area contributed by atoms with Crippen molar-refractivity contribution in [3.05, 3.63) is 35.6 Å². The van der Waals surface area contributed by atoms with Crippen molar-refractivity contribution in [3.63, 3.8) is 0 Å². The number of carbonyl (C=O) groups is 3. The van der Waals surface area contributed by atoms with E-state index in [4.69, 9.17) is 25.5 Å². The molecule has 0 aliphatic carbocycles. The first-order valence-electron chi connectivity index (χ1n) is 7.86. The Morgan fingerprint density at radius 1 is 1.08 bits per heavy atom. The van der Waals surface area contributed by atoms with Crippen molar-refractivity contribution in [2.24, 2.45) is 17.1 Å². The zero-order valence-electron chi connectivity index (χ0n) is 15.0. The number of nitrogens with two attached hydrogens (primary N) is 1. The number of Topliss-reactive ketones (excluding diaryl/α,β-unsaturated/α-hetero) is 1. The molecule has 1 aromatic carbocycles. The molecule has 0 fully saturated rings. The van der Waals surface area contributed by atoms with Crippen LogP contribution in [0, 0.1) is 17.2 Å². The minimum absolute atomic E-state index is 0.0972. The van der Waals surface area contributed by atoms with Crippen molar-refractivity contribution in [1.29, 1.82) is 0 Å². The molecule has 4 N–H and O–H groups in total. The Kier molecular flexibility index (Phi) is 8.98. The van der Waals surface area contributed by atoms with Gasteiger partial charge in [-0.3, -0.25) is 4.79 Å². The van der Waals surface area contributed by atoms with E-state index in [0.29, 0.717) is 18.8 Å². The number of halogens is 1. The molecule has 0 radical (unpaired) electrons. The fourth-order valence-corrected chi connectivity index (χ4v) is 1.94. The van der Waals surface area contributed by atoms with Crippen LogP contribution in [0.5, 0.6) is 0 Å². The van der Waals surface area contributed by atoms with Gasteiger partial charge in [0.2, 0.25) is 0 Å². The smallest absolute Gasteiger partial charge is 0.414 e. The van der Waals surface area contributed by atoms with Gasteiger partial charge < -0.3 is 15.9 Å². The van der Waals surface area contributed by atoms with Crippen LogP contribution in [0.4, 0.5) is 4.39 Å². The van der Waals surface area contributed by atoms with Crippen LogP contribution in [0.15, 0.2) is 24.3 Å². The third-order valence-electron chi connectivity index (χ3n) is 3.77. The van der Waals surface area contributed by atoms with Gasteiger partial charge >= 0.3 is 11.9 Å². The predicted octanol–water partition coefficient (Wildman–Crippen LogP) is 2.49. The minimum Gasteiger partial charge on any atom is -0.473 e. The number of benzene rings is 1. The van der Waals surface area contributed by atoms with Gasteiger partial charge in [-0.25, -0.2) is 14.0 Å². The lowest BCUT2D eigenvalue weighted by Gasteiger charge is -2.26. The Bertz CT molecular complexity index is 584. The van der Waals surface area contributed by atoms with Crippen molar-refractivity contribution in [1.82, 2.24) is 0 Å². The summed E-state index contributed by atoms with van der Waals surface area (Å²) in [4.78, 5) is 30.5. The van der Waals surface area contributed by atoms with Crippen LogP contribution in [-0.2, 0) is 20.8 Å². The average molecular weight is 355 g/mol. The zero-order chi connectivity index (χ0) is 19.8. The van der Waals surface area contributed by atoms with Crippen molar-refractivity contribution in [3.8, 4) is 0 Å². The molecule has 0 aliphatic rings. The van der Waals surface area contributed by atoms with Crippen LogP contribution in [0.3, 0.4) is 0 Å². The van der Waals surface area contributed by atoms with Crippen LogP contribution in [0.1, 0.15) is 39.7 Å². The Hall–Kier alpha value is -2.28. The average Bonchev–Trinajstić information content (AvgIpc) is 2.49. The molecule has 0 bridgehead atoms. The number of hydrogen-bond acceptors (Lipinski definition) is 4. The highest BCUT2D eigenvalue weighted by atomic mass is 19.1. The molecule has 0 spiro atoms. The second-order valence-corrected chi connectivity index (χ2v) is 6.83. The lowest BCUT2D eigenvalue weighted by Crippen LogP contribution is -2.36. The number of rotatable bonds is 6. The van der Waals surface area contributed by atoms with E-state index in [1.165, 1.54) is 12.1 Å². The molecular formula is C18H26FNO5. The second kappa shape index (κ2) is 9.88. The van der Waals surface area contributed by atoms with Gasteiger partial charge in [-0.05, 0) is 30.0 Å². The molecule has 7 heteroatoms. The van der Waals surface area contributed by atoms with Gasteiger partial charge in [-0.1, -0.05) is 39.8 Å². The highest BCUT2D eigenvalue weighted by molar-refractivity contribution is 6.27. The van der Waals surface area contributed by atoms with E-state index in [9.17, 15) is 9.18 Å². The van der Waals surface area contributed by atoms with Crippen LogP contribution in [-0.4, -0.2) is 34.0 Å². The Morgan fingerprint density at radius 2 is 1.52 bits per heavy atom. The quantitative estimate of drug-likeness (QED) is 0.675. The standard InChI is InChI=1S/C16H24FNO.C2H2O4/c1-11(2)14(18)9-15(19)16(3,4)10-12-5-7-13(17)8-6-12;3-1(4)2(5)6/h5-8,11,14H,9-10,18H2,1-4H3;(H,3,4)(H,5,6). The molecule has 0 aliphatic heterocycles. The number of hydrogen-bond donors (Lipinski definition) is 3. The summed E-state index contributed by atoms with van der Waals surface area (Å²) in [5.41, 5.74) is 6.46. The maximum Gasteiger partial charge on any atom is 0.414 e. The number of carbonyl (C=O) groups excluding carboxylic acids is 1. The molecule has 6 nitrogen and oxygen atoms in total. The van der Waals surface area contributed by atoms with Crippen molar-refractivity contribution < 1.29 is 29.0 Å². The van der Waals surface area contributed by atoms with E-state index in [-0.39, 0.29) is 17.6 Å². The van der Waals surface area contributed by atoms with Crippen molar-refractivity contribution in [2.45, 2.75) is 46.6 Å². The Morgan fingerprint density at radius 3 is 1.88 bits per heavy atom. The molecule has 0 saturated carbocycles. The van der Waals surface area contributed by atoms with Crippen LogP contribution >= 0.6 is 0 Å². The summed E-state index contributed by atoms with van der Waals surface area (Å²) in [7, 11) is 0. The summed E-state index contributed by atoms with van der Waals surface area (Å²) in [5, 5.41) is 14.8. The molecule has 0 heterocycles. The summed E-state index contributed by atoms with van der Waals surface area (Å²) >= 11 is 0. The number of aliphatic carboxylic acids is 2. The summed E-state index contributed by atoms with van der Waals surface area (Å²) < 4.78 is 12.9. The molecule has 0 saturated heterocycles. The minimum atomic E-state index is -1.82. The lowest BCUT2D eigenvalue weighted by molar-refractivity contribution is -0.159. The lowest BCUT2D eigenvalue weighted by atomic mass is 9.78. The molecule has 0 amide bonds. The number of ketones is 1. The van der Waals surface area contributed by atoms with E-state index in [1.54, 1.807) is 12.1 Å². The molecule has 0 aromatic heterocycles. The molecule has 25 heavy (non-hydrogen) atoms. The SMILES string of the molecule is CC(C)C(N)CC(=O)C(C)(C)Cc1ccc(F)cc1.O=C(O)C(=O)O. The van der Waals surface area contributed by atoms with E-state index < -0.39 is 17.4 Å². The number of carboxylic acids is 2. The monoisotopic (exact) mass is 355 g/mol. The van der Waals surface area contributed by atoms with Crippen molar-refractivity contribution in [2.75, 3.05) is 0 Å². The van der Waals surface area contributed by atoms with Crippen LogP contribution in [0.2, 0.25) is 0 Å². The molecule has 1 rings (SSSR count). The van der Waals surface area contributed by atoms with Crippen LogP contribution < -0.4 is 5.73 Å². The van der Waals surface area contributed by atoms with E-state index in [0.717, 1.165) is 5.56 Å².